The number of amides is 10. The highest BCUT2D eigenvalue weighted by atomic mass is 16.3. The second-order valence-electron chi connectivity index (χ2n) is 7.99. The number of rotatable bonds is 11. The molecule has 21 nitrogen and oxygen atoms in total. The molecule has 10 amide bonds. The van der Waals surface area contributed by atoms with Crippen LogP contribution in [0, 0.1) is 10.8 Å². The van der Waals surface area contributed by atoms with Gasteiger partial charge in [0.2, 0.25) is 0 Å². The van der Waals surface area contributed by atoms with Crippen LogP contribution in [0.1, 0.15) is 32.6 Å². The molecule has 21 heteroatoms. The first-order chi connectivity index (χ1) is 18.9. The Morgan fingerprint density at radius 1 is 0.850 bits per heavy atom. The van der Waals surface area contributed by atoms with Crippen molar-refractivity contribution in [2.45, 2.75) is 44.9 Å². The van der Waals surface area contributed by atoms with Gasteiger partial charge < -0.3 is 42.5 Å². The molecule has 2 aliphatic rings. The molecule has 0 saturated carbocycles. The van der Waals surface area contributed by atoms with Crippen LogP contribution in [0.15, 0.2) is 0 Å². The fourth-order valence-corrected chi connectivity index (χ4v) is 3.09. The number of carbonyl (C=O) groups excluding carboxylic acids is 6. The summed E-state index contributed by atoms with van der Waals surface area (Å²) in [4.78, 5) is 70.2. The van der Waals surface area contributed by atoms with Gasteiger partial charge in [0.15, 0.2) is 24.3 Å². The van der Waals surface area contributed by atoms with Gasteiger partial charge in [-0.3, -0.25) is 46.2 Å². The minimum atomic E-state index is -1.43. The first-order valence-corrected chi connectivity index (χ1v) is 11.9. The van der Waals surface area contributed by atoms with E-state index in [9.17, 15) is 28.8 Å². The third-order valence-electron chi connectivity index (χ3n) is 5.03. The van der Waals surface area contributed by atoms with Gasteiger partial charge in [-0.2, -0.15) is 0 Å². The van der Waals surface area contributed by atoms with E-state index < -0.39 is 68.4 Å². The summed E-state index contributed by atoms with van der Waals surface area (Å²) in [6, 6.07) is -3.67. The molecule has 2 heterocycles. The molecule has 2 aliphatic heterocycles. The van der Waals surface area contributed by atoms with Crippen molar-refractivity contribution in [2.75, 3.05) is 26.7 Å². The Kier molecular flexibility index (Phi) is 13.9. The number of guanidine groups is 2. The summed E-state index contributed by atoms with van der Waals surface area (Å²) >= 11 is 0. The Balaban J connectivity index is 0.000000520. The molecule has 0 aromatic heterocycles. The maximum Gasteiger partial charge on any atom is 0.328 e. The third-order valence-corrected chi connectivity index (χ3v) is 5.03. The van der Waals surface area contributed by atoms with Gasteiger partial charge in [0.05, 0.1) is 6.67 Å². The average Bonchev–Trinajstić information content (AvgIpc) is 3.30. The van der Waals surface area contributed by atoms with Crippen LogP contribution in [0.2, 0.25) is 0 Å². The highest BCUT2D eigenvalue weighted by Crippen LogP contribution is 2.05. The van der Waals surface area contributed by atoms with Crippen LogP contribution in [0.5, 0.6) is 0 Å². The summed E-state index contributed by atoms with van der Waals surface area (Å²) in [5, 5.41) is 49.5. The molecule has 2 fully saturated rings. The third kappa shape index (κ3) is 10.8. The molecule has 0 radical (unpaired) electrons. The van der Waals surface area contributed by atoms with Gasteiger partial charge in [-0.25, -0.2) is 19.2 Å². The van der Waals surface area contributed by atoms with Gasteiger partial charge >= 0.3 is 24.1 Å². The molecule has 2 unspecified atom stereocenters. The van der Waals surface area contributed by atoms with Crippen LogP contribution in [0.3, 0.4) is 0 Å². The SMILES string of the molecule is CCCCCCNC(=N)NC(=N)N.O=C(NCNC(=O)NC1C(=O)NC(=O)N1CO)NC1C(=O)NC(=O)N1CO. The molecule has 0 aliphatic carbocycles. The summed E-state index contributed by atoms with van der Waals surface area (Å²) in [6.07, 6.45) is 1.82. The monoisotopic (exact) mass is 573 g/mol. The molecule has 0 aromatic rings. The molecule has 224 valence electrons. The molecular formula is C19H35N13O8. The Labute approximate surface area is 227 Å². The fourth-order valence-electron chi connectivity index (χ4n) is 3.09. The molecule has 2 rings (SSSR count). The van der Waals surface area contributed by atoms with Crippen LogP contribution in [-0.4, -0.2) is 107 Å². The quantitative estimate of drug-likeness (QED) is 0.0369. The first kappa shape index (κ1) is 33.1. The van der Waals surface area contributed by atoms with E-state index in [1.807, 2.05) is 10.6 Å². The van der Waals surface area contributed by atoms with Crippen LogP contribution < -0.4 is 48.3 Å². The van der Waals surface area contributed by atoms with E-state index in [1.165, 1.54) is 19.3 Å². The number of unbranched alkanes of at least 4 members (excludes halogenated alkanes) is 3. The minimum Gasteiger partial charge on any atom is -0.376 e. The van der Waals surface area contributed by atoms with Crippen molar-refractivity contribution in [2.24, 2.45) is 5.73 Å². The van der Waals surface area contributed by atoms with Crippen molar-refractivity contribution in [1.82, 2.24) is 52.3 Å². The van der Waals surface area contributed by atoms with Crippen molar-refractivity contribution in [3.05, 3.63) is 0 Å². The number of hydrogen-bond acceptors (Lipinski definition) is 10. The van der Waals surface area contributed by atoms with E-state index in [-0.39, 0.29) is 11.9 Å². The lowest BCUT2D eigenvalue weighted by molar-refractivity contribution is -0.123. The van der Waals surface area contributed by atoms with Crippen LogP contribution in [0.4, 0.5) is 19.2 Å². The second kappa shape index (κ2) is 16.8. The molecule has 0 bridgehead atoms. The minimum absolute atomic E-state index is 0.101. The molecule has 14 N–H and O–H groups in total. The normalized spacial score (nSPS) is 17.7. The lowest BCUT2D eigenvalue weighted by Gasteiger charge is -2.21. The van der Waals surface area contributed by atoms with Crippen molar-refractivity contribution < 1.29 is 39.0 Å². The van der Waals surface area contributed by atoms with Crippen molar-refractivity contribution in [3.63, 3.8) is 0 Å². The van der Waals surface area contributed by atoms with E-state index in [2.05, 4.69) is 38.8 Å². The van der Waals surface area contributed by atoms with E-state index in [4.69, 9.17) is 26.8 Å². The lowest BCUT2D eigenvalue weighted by atomic mass is 10.2. The van der Waals surface area contributed by atoms with E-state index in [0.29, 0.717) is 9.80 Å². The molecule has 40 heavy (non-hydrogen) atoms. The maximum atomic E-state index is 11.7. The molecule has 2 saturated heterocycles. The molecule has 0 aromatic carbocycles. The molecule has 0 spiro atoms. The summed E-state index contributed by atoms with van der Waals surface area (Å²) in [5.41, 5.74) is 5.04. The number of nitrogens with one attached hydrogen (secondary N) is 10. The largest absolute Gasteiger partial charge is 0.376 e. The predicted octanol–water partition coefficient (Wildman–Crippen LogP) is -4.23. The Hall–Kier alpha value is -4.92. The Morgan fingerprint density at radius 2 is 1.32 bits per heavy atom. The maximum absolute atomic E-state index is 11.7. The average molecular weight is 574 g/mol. The summed E-state index contributed by atoms with van der Waals surface area (Å²) in [5.74, 6) is -1.80. The zero-order chi connectivity index (χ0) is 30.2. The van der Waals surface area contributed by atoms with Gasteiger partial charge in [-0.1, -0.05) is 26.2 Å². The number of aliphatic hydroxyl groups excluding tert-OH is 2. The Bertz CT molecular complexity index is 922. The first-order valence-electron chi connectivity index (χ1n) is 11.9. The van der Waals surface area contributed by atoms with Gasteiger partial charge in [-0.15, -0.1) is 0 Å². The summed E-state index contributed by atoms with van der Waals surface area (Å²) in [7, 11) is 0. The topological polar surface area (TPSA) is 319 Å². The van der Waals surface area contributed by atoms with Crippen LogP contribution in [0.25, 0.3) is 0 Å². The molecule has 2 atom stereocenters. The predicted molar refractivity (Wildman–Crippen MR) is 136 cm³/mol. The van der Waals surface area contributed by atoms with E-state index >= 15 is 0 Å². The van der Waals surface area contributed by atoms with Gasteiger partial charge in [0.25, 0.3) is 11.8 Å². The lowest BCUT2D eigenvalue weighted by Crippen LogP contribution is -2.56. The number of carbonyl (C=O) groups is 6. The zero-order valence-corrected chi connectivity index (χ0v) is 21.6. The fraction of sp³-hybridized carbons (Fsp3) is 0.579. The van der Waals surface area contributed by atoms with Gasteiger partial charge in [0.1, 0.15) is 13.5 Å². The zero-order valence-electron chi connectivity index (χ0n) is 21.6. The van der Waals surface area contributed by atoms with E-state index in [1.54, 1.807) is 0 Å². The van der Waals surface area contributed by atoms with E-state index in [0.717, 1.165) is 13.0 Å². The Morgan fingerprint density at radius 3 is 1.73 bits per heavy atom. The van der Waals surface area contributed by atoms with Crippen molar-refractivity contribution in [3.8, 4) is 0 Å². The smallest absolute Gasteiger partial charge is 0.328 e. The van der Waals surface area contributed by atoms with Gasteiger partial charge in [-0.05, 0) is 6.42 Å². The van der Waals surface area contributed by atoms with Gasteiger partial charge in [0, 0.05) is 6.54 Å². The summed E-state index contributed by atoms with van der Waals surface area (Å²) < 4.78 is 0. The van der Waals surface area contributed by atoms with Crippen molar-refractivity contribution >= 4 is 47.9 Å². The highest BCUT2D eigenvalue weighted by Gasteiger charge is 2.40. The van der Waals surface area contributed by atoms with Crippen LogP contribution >= 0.6 is 0 Å². The van der Waals surface area contributed by atoms with Crippen LogP contribution in [-0.2, 0) is 9.59 Å². The number of nitrogens with two attached hydrogens (primary N) is 1. The standard InChI is InChI=1S/C11H16N8O8.C8H19N5/c20-2-18-4(6(22)16-10(18)26)14-8(24)12-1-13-9(25)15-5-7(23)17-11(27)19(5)3-21;1-2-3-4-5-6-12-8(11)13-7(9)10/h4-5,20-21H,1-3H2,(H2,12,14,24)(H2,13,15,25)(H,16,22,26)(H,17,23,27);2-6H2,1H3,(H6,9,10,11,12,13). The number of aliphatic hydroxyl groups is 2. The highest BCUT2D eigenvalue weighted by molar-refractivity contribution is 6.06. The molecular weight excluding hydrogens is 538 g/mol. The number of hydrogen-bond donors (Lipinski definition) is 13. The summed E-state index contributed by atoms with van der Waals surface area (Å²) in [6.45, 7) is 0.839. The number of urea groups is 4. The van der Waals surface area contributed by atoms with Crippen molar-refractivity contribution in [1.29, 1.82) is 10.8 Å². The second-order valence-corrected chi connectivity index (χ2v) is 7.99. The number of imide groups is 2. The number of nitrogens with zero attached hydrogens (tertiary/aromatic N) is 2.